The maximum Gasteiger partial charge on any atom is 0.225 e. The fraction of sp³-hybridized carbons (Fsp3) is 0.417. The Labute approximate surface area is 194 Å². The number of rotatable bonds is 7. The lowest BCUT2D eigenvalue weighted by molar-refractivity contribution is -0.132. The van der Waals surface area contributed by atoms with Gasteiger partial charge in [0.1, 0.15) is 0 Å². The molecule has 1 aliphatic heterocycles. The topological polar surface area (TPSA) is 67.2 Å². The Hall–Kier alpha value is -2.93. The number of aromatic nitrogens is 4. The molecule has 3 heterocycles. The minimum atomic E-state index is 0.172. The maximum absolute atomic E-state index is 12.9. The van der Waals surface area contributed by atoms with Gasteiger partial charge >= 0.3 is 0 Å². The van der Waals surface area contributed by atoms with Gasteiger partial charge in [0.15, 0.2) is 0 Å². The number of hydrogen-bond donors (Lipinski definition) is 0. The number of amides is 1. The van der Waals surface area contributed by atoms with Crippen molar-refractivity contribution in [3.05, 3.63) is 59.6 Å². The normalized spacial score (nSPS) is 16.2. The molecule has 0 radical (unpaired) electrons. The molecule has 0 unspecified atom stereocenters. The zero-order valence-corrected chi connectivity index (χ0v) is 19.4. The summed E-state index contributed by atoms with van der Waals surface area (Å²) in [6.45, 7) is 2.25. The Bertz CT molecular complexity index is 1040. The van der Waals surface area contributed by atoms with Gasteiger partial charge in [0.25, 0.3) is 0 Å². The van der Waals surface area contributed by atoms with E-state index in [1.54, 1.807) is 6.20 Å². The molecule has 0 spiro atoms. The van der Waals surface area contributed by atoms with Gasteiger partial charge in [-0.25, -0.2) is 9.97 Å². The van der Waals surface area contributed by atoms with Crippen LogP contribution in [0.1, 0.15) is 37.3 Å². The minimum Gasteiger partial charge on any atom is -0.347 e. The first-order valence-electron chi connectivity index (χ1n) is 11.1. The first-order chi connectivity index (χ1) is 15.5. The summed E-state index contributed by atoms with van der Waals surface area (Å²) in [5.74, 6) is 1.06. The van der Waals surface area contributed by atoms with Crippen LogP contribution in [0.25, 0.3) is 11.1 Å². The van der Waals surface area contributed by atoms with Gasteiger partial charge in [0, 0.05) is 75.2 Å². The molecule has 0 aliphatic carbocycles. The van der Waals surface area contributed by atoms with Crippen molar-refractivity contribution in [1.82, 2.24) is 24.6 Å². The second kappa shape index (κ2) is 10.1. The maximum atomic E-state index is 12.9. The Morgan fingerprint density at radius 3 is 2.78 bits per heavy atom. The molecule has 1 atom stereocenters. The Kier molecular flexibility index (Phi) is 7.05. The predicted molar refractivity (Wildman–Crippen MR) is 127 cm³/mol. The van der Waals surface area contributed by atoms with Crippen molar-refractivity contribution >= 4 is 23.5 Å². The lowest BCUT2D eigenvalue weighted by atomic mass is 9.89. The molecule has 2 aromatic heterocycles. The molecule has 4 rings (SSSR count). The molecular formula is C24H29ClN6O. The van der Waals surface area contributed by atoms with Gasteiger partial charge in [-0.3, -0.25) is 9.48 Å². The minimum absolute atomic E-state index is 0.172. The van der Waals surface area contributed by atoms with Gasteiger partial charge in [-0.2, -0.15) is 5.10 Å². The molecule has 0 saturated carbocycles. The molecular weight excluding hydrogens is 424 g/mol. The van der Waals surface area contributed by atoms with E-state index in [1.165, 1.54) is 0 Å². The van der Waals surface area contributed by atoms with Crippen LogP contribution in [0.15, 0.2) is 48.9 Å². The van der Waals surface area contributed by atoms with Crippen LogP contribution in [0.2, 0.25) is 5.02 Å². The first-order valence-corrected chi connectivity index (χ1v) is 11.4. The molecule has 7 nitrogen and oxygen atoms in total. The first kappa shape index (κ1) is 22.3. The Morgan fingerprint density at radius 2 is 2.06 bits per heavy atom. The monoisotopic (exact) mass is 452 g/mol. The van der Waals surface area contributed by atoms with Crippen molar-refractivity contribution in [2.24, 2.45) is 0 Å². The van der Waals surface area contributed by atoms with Gasteiger partial charge in [-0.1, -0.05) is 23.7 Å². The van der Waals surface area contributed by atoms with Crippen LogP contribution >= 0.6 is 11.6 Å². The zero-order chi connectivity index (χ0) is 22.5. The van der Waals surface area contributed by atoms with Crippen molar-refractivity contribution in [3.8, 4) is 11.1 Å². The largest absolute Gasteiger partial charge is 0.347 e. The number of carbonyl (C=O) groups is 1. The molecule has 1 aliphatic rings. The van der Waals surface area contributed by atoms with Crippen molar-refractivity contribution in [1.29, 1.82) is 0 Å². The van der Waals surface area contributed by atoms with Gasteiger partial charge < -0.3 is 9.80 Å². The highest BCUT2D eigenvalue weighted by atomic mass is 35.5. The zero-order valence-electron chi connectivity index (χ0n) is 18.6. The SMILES string of the molecule is CN(C)c1ncc(-c2ccc(Cl)cc2)c([C@@H]2CCCN(C(=O)CCCn3cccn3)C2)n1. The van der Waals surface area contributed by atoms with Crippen LogP contribution in [-0.4, -0.2) is 57.7 Å². The number of benzene rings is 1. The number of likely N-dealkylation sites (tertiary alicyclic amines) is 1. The van der Waals surface area contributed by atoms with Crippen molar-refractivity contribution < 1.29 is 4.79 Å². The van der Waals surface area contributed by atoms with E-state index < -0.39 is 0 Å². The van der Waals surface area contributed by atoms with E-state index in [0.29, 0.717) is 23.9 Å². The molecule has 3 aromatic rings. The van der Waals surface area contributed by atoms with Crippen LogP contribution < -0.4 is 4.90 Å². The Morgan fingerprint density at radius 1 is 1.25 bits per heavy atom. The second-order valence-electron chi connectivity index (χ2n) is 8.42. The summed E-state index contributed by atoms with van der Waals surface area (Å²) in [5, 5.41) is 4.91. The summed E-state index contributed by atoms with van der Waals surface area (Å²) in [7, 11) is 3.88. The molecule has 168 valence electrons. The third kappa shape index (κ3) is 5.27. The van der Waals surface area contributed by atoms with E-state index in [0.717, 1.165) is 49.2 Å². The lowest BCUT2D eigenvalue weighted by Crippen LogP contribution is -2.39. The summed E-state index contributed by atoms with van der Waals surface area (Å²) in [6, 6.07) is 9.68. The number of aryl methyl sites for hydroxylation is 1. The molecule has 0 bridgehead atoms. The number of halogens is 1. The average molecular weight is 453 g/mol. The van der Waals surface area contributed by atoms with E-state index in [-0.39, 0.29) is 11.8 Å². The Balaban J connectivity index is 1.51. The van der Waals surface area contributed by atoms with E-state index in [9.17, 15) is 4.79 Å². The van der Waals surface area contributed by atoms with E-state index >= 15 is 0 Å². The predicted octanol–water partition coefficient (Wildman–Crippen LogP) is 4.25. The number of carbonyl (C=O) groups excluding carboxylic acids is 1. The van der Waals surface area contributed by atoms with E-state index in [1.807, 2.05) is 71.3 Å². The third-order valence-electron chi connectivity index (χ3n) is 5.86. The standard InChI is InChI=1S/C24H29ClN6O/c1-29(2)24-26-16-21(18-8-10-20(25)11-9-18)23(28-24)19-6-3-13-30(17-19)22(32)7-4-14-31-15-5-12-27-31/h5,8-12,15-16,19H,3-4,6-7,13-14,17H2,1-2H3/t19-/m1/s1. The fourth-order valence-electron chi connectivity index (χ4n) is 4.17. The number of hydrogen-bond acceptors (Lipinski definition) is 5. The molecule has 0 N–H and O–H groups in total. The van der Waals surface area contributed by atoms with Gasteiger partial charge in [0.05, 0.1) is 5.69 Å². The van der Waals surface area contributed by atoms with Gasteiger partial charge in [0.2, 0.25) is 11.9 Å². The number of piperidine rings is 1. The van der Waals surface area contributed by atoms with Crippen LogP contribution in [-0.2, 0) is 11.3 Å². The van der Waals surface area contributed by atoms with Crippen molar-refractivity contribution in [3.63, 3.8) is 0 Å². The van der Waals surface area contributed by atoms with Gasteiger partial charge in [-0.15, -0.1) is 0 Å². The fourth-order valence-corrected chi connectivity index (χ4v) is 4.30. The summed E-state index contributed by atoms with van der Waals surface area (Å²) >= 11 is 6.10. The van der Waals surface area contributed by atoms with Crippen LogP contribution in [0.3, 0.4) is 0 Å². The number of nitrogens with zero attached hydrogens (tertiary/aromatic N) is 6. The van der Waals surface area contributed by atoms with Crippen LogP contribution in [0, 0.1) is 0 Å². The summed E-state index contributed by atoms with van der Waals surface area (Å²) in [6.07, 6.45) is 8.87. The molecule has 1 saturated heterocycles. The molecule has 8 heteroatoms. The quantitative estimate of drug-likeness (QED) is 0.536. The average Bonchev–Trinajstić information content (AvgIpc) is 3.33. The van der Waals surface area contributed by atoms with Crippen LogP contribution in [0.4, 0.5) is 5.95 Å². The summed E-state index contributed by atoms with van der Waals surface area (Å²) in [5.41, 5.74) is 3.04. The molecule has 1 amide bonds. The molecule has 32 heavy (non-hydrogen) atoms. The highest BCUT2D eigenvalue weighted by Crippen LogP contribution is 2.34. The van der Waals surface area contributed by atoms with Crippen LogP contribution in [0.5, 0.6) is 0 Å². The smallest absolute Gasteiger partial charge is 0.225 e. The van der Waals surface area contributed by atoms with E-state index in [4.69, 9.17) is 16.6 Å². The third-order valence-corrected chi connectivity index (χ3v) is 6.11. The molecule has 1 fully saturated rings. The van der Waals surface area contributed by atoms with Gasteiger partial charge in [-0.05, 0) is 43.0 Å². The summed E-state index contributed by atoms with van der Waals surface area (Å²) in [4.78, 5) is 26.3. The van der Waals surface area contributed by atoms with Crippen molar-refractivity contribution in [2.75, 3.05) is 32.1 Å². The highest BCUT2D eigenvalue weighted by molar-refractivity contribution is 6.30. The second-order valence-corrected chi connectivity index (χ2v) is 8.86. The summed E-state index contributed by atoms with van der Waals surface area (Å²) < 4.78 is 1.87. The molecule has 1 aromatic carbocycles. The van der Waals surface area contributed by atoms with E-state index in [2.05, 4.69) is 10.1 Å². The lowest BCUT2D eigenvalue weighted by Gasteiger charge is -2.33. The number of anilines is 1. The highest BCUT2D eigenvalue weighted by Gasteiger charge is 2.28. The van der Waals surface area contributed by atoms with Crippen molar-refractivity contribution in [2.45, 2.75) is 38.1 Å².